The number of methoxy groups -OCH3 is 1. The highest BCUT2D eigenvalue weighted by Gasteiger charge is 2.28. The summed E-state index contributed by atoms with van der Waals surface area (Å²) >= 11 is 0. The number of morpholine rings is 1. The Morgan fingerprint density at radius 3 is 2.81 bits per heavy atom. The Kier molecular flexibility index (Phi) is 4.33. The second kappa shape index (κ2) is 6.81. The Morgan fingerprint density at radius 2 is 2.04 bits per heavy atom. The van der Waals surface area contributed by atoms with E-state index in [9.17, 15) is 9.59 Å². The fourth-order valence-corrected chi connectivity index (χ4v) is 3.22. The van der Waals surface area contributed by atoms with E-state index in [1.165, 1.54) is 12.0 Å². The van der Waals surface area contributed by atoms with Gasteiger partial charge in [-0.15, -0.1) is 0 Å². The number of primary amides is 1. The summed E-state index contributed by atoms with van der Waals surface area (Å²) in [6.07, 6.45) is -0.802. The molecule has 1 aliphatic rings. The molecule has 0 radical (unpaired) electrons. The maximum atomic E-state index is 12.6. The van der Waals surface area contributed by atoms with Crippen molar-refractivity contribution >= 4 is 39.6 Å². The van der Waals surface area contributed by atoms with E-state index < -0.39 is 12.0 Å². The Morgan fingerprint density at radius 1 is 1.22 bits per heavy atom. The van der Waals surface area contributed by atoms with Gasteiger partial charge in [-0.2, -0.15) is 0 Å². The van der Waals surface area contributed by atoms with Crippen molar-refractivity contribution in [2.75, 3.05) is 32.1 Å². The summed E-state index contributed by atoms with van der Waals surface area (Å²) in [6.45, 7) is 0.724. The zero-order valence-electron chi connectivity index (χ0n) is 14.7. The van der Waals surface area contributed by atoms with E-state index >= 15 is 0 Å². The van der Waals surface area contributed by atoms with Crippen LogP contribution in [0.4, 0.5) is 10.5 Å². The number of hydrogen-bond acceptors (Lipinski definition) is 5. The topological polar surface area (TPSA) is 107 Å². The van der Waals surface area contributed by atoms with Crippen LogP contribution in [0, 0.1) is 0 Å². The third-order valence-electron chi connectivity index (χ3n) is 4.61. The van der Waals surface area contributed by atoms with Crippen LogP contribution in [0.2, 0.25) is 0 Å². The van der Waals surface area contributed by atoms with Crippen molar-refractivity contribution in [3.63, 3.8) is 0 Å². The number of rotatable bonds is 3. The molecular weight excluding hydrogens is 350 g/mol. The number of para-hydroxylation sites is 1. The van der Waals surface area contributed by atoms with E-state index in [0.29, 0.717) is 23.6 Å². The third-order valence-corrected chi connectivity index (χ3v) is 4.61. The molecule has 1 aromatic heterocycles. The maximum Gasteiger partial charge on any atom is 0.322 e. The summed E-state index contributed by atoms with van der Waals surface area (Å²) in [6, 6.07) is 10.9. The van der Waals surface area contributed by atoms with Gasteiger partial charge in [0.15, 0.2) is 6.10 Å². The van der Waals surface area contributed by atoms with Crippen molar-refractivity contribution in [1.29, 1.82) is 0 Å². The van der Waals surface area contributed by atoms with Gasteiger partial charge in [-0.1, -0.05) is 18.2 Å². The van der Waals surface area contributed by atoms with Crippen molar-refractivity contribution < 1.29 is 23.5 Å². The molecule has 0 unspecified atom stereocenters. The molecule has 3 N–H and O–H groups in total. The molecule has 0 bridgehead atoms. The number of urea groups is 1. The van der Waals surface area contributed by atoms with Crippen LogP contribution >= 0.6 is 0 Å². The third kappa shape index (κ3) is 3.15. The summed E-state index contributed by atoms with van der Waals surface area (Å²) in [5.41, 5.74) is 7.16. The summed E-state index contributed by atoms with van der Waals surface area (Å²) < 4.78 is 16.6. The van der Waals surface area contributed by atoms with Crippen molar-refractivity contribution in [1.82, 2.24) is 4.90 Å². The Hall–Kier alpha value is -3.26. The first-order valence-electron chi connectivity index (χ1n) is 8.53. The Bertz CT molecular complexity index is 1030. The van der Waals surface area contributed by atoms with Crippen LogP contribution in [0.15, 0.2) is 40.8 Å². The lowest BCUT2D eigenvalue weighted by atomic mass is 10.1. The minimum Gasteiger partial charge on any atom is -0.495 e. The summed E-state index contributed by atoms with van der Waals surface area (Å²) in [4.78, 5) is 25.4. The van der Waals surface area contributed by atoms with Gasteiger partial charge in [-0.3, -0.25) is 4.79 Å². The lowest BCUT2D eigenvalue weighted by Gasteiger charge is -2.31. The zero-order chi connectivity index (χ0) is 19.0. The fraction of sp³-hybridized carbons (Fsp3) is 0.263. The van der Waals surface area contributed by atoms with Gasteiger partial charge < -0.3 is 29.8 Å². The normalized spacial score (nSPS) is 17.2. The number of ether oxygens (including phenoxy) is 2. The highest BCUT2D eigenvalue weighted by atomic mass is 16.5. The molecule has 1 saturated heterocycles. The number of nitrogens with two attached hydrogens (primary N) is 1. The zero-order valence-corrected chi connectivity index (χ0v) is 14.7. The fourth-order valence-electron chi connectivity index (χ4n) is 3.22. The standard InChI is InChI=1S/C19H19N3O5/c1-25-16-8-12-11-4-2-3-5-14(11)27-15(12)9-13(16)21-19(24)22-6-7-26-17(10-22)18(20)23/h2-5,8-9,17H,6-7,10H2,1H3,(H2,20,23)(H,21,24)/t17-/m0/s1. The molecule has 3 aromatic rings. The number of carbonyl (C=O) groups excluding carboxylic acids is 2. The Balaban J connectivity index is 1.63. The summed E-state index contributed by atoms with van der Waals surface area (Å²) in [5, 5.41) is 4.70. The second-order valence-corrected chi connectivity index (χ2v) is 6.28. The highest BCUT2D eigenvalue weighted by molar-refractivity contribution is 6.07. The molecule has 2 aromatic carbocycles. The molecule has 1 atom stereocenters. The predicted octanol–water partition coefficient (Wildman–Crippen LogP) is 2.31. The maximum absolute atomic E-state index is 12.6. The lowest BCUT2D eigenvalue weighted by Crippen LogP contribution is -2.51. The summed E-state index contributed by atoms with van der Waals surface area (Å²) in [5.74, 6) is -0.0733. The molecule has 1 aliphatic heterocycles. The molecule has 0 aliphatic carbocycles. The SMILES string of the molecule is COc1cc2c(cc1NC(=O)N1CCO[C@H](C(N)=O)C1)oc1ccccc12. The quantitative estimate of drug-likeness (QED) is 0.737. The Labute approximate surface area is 154 Å². The van der Waals surface area contributed by atoms with E-state index in [1.54, 1.807) is 6.07 Å². The summed E-state index contributed by atoms with van der Waals surface area (Å²) in [7, 11) is 1.54. The van der Waals surface area contributed by atoms with Gasteiger partial charge >= 0.3 is 6.03 Å². The van der Waals surface area contributed by atoms with Gasteiger partial charge in [0, 0.05) is 23.4 Å². The van der Waals surface area contributed by atoms with E-state index in [-0.39, 0.29) is 19.2 Å². The molecule has 27 heavy (non-hydrogen) atoms. The van der Waals surface area contributed by atoms with Crippen molar-refractivity contribution in [2.45, 2.75) is 6.10 Å². The van der Waals surface area contributed by atoms with Gasteiger partial charge in [0.05, 0.1) is 25.9 Å². The highest BCUT2D eigenvalue weighted by Crippen LogP contribution is 2.36. The molecule has 1 fully saturated rings. The number of nitrogens with one attached hydrogen (secondary N) is 1. The minimum atomic E-state index is -0.802. The van der Waals surface area contributed by atoms with Crippen LogP contribution in [-0.4, -0.2) is 49.7 Å². The predicted molar refractivity (Wildman–Crippen MR) is 99.8 cm³/mol. The second-order valence-electron chi connectivity index (χ2n) is 6.28. The molecule has 140 valence electrons. The molecule has 0 saturated carbocycles. The first kappa shape index (κ1) is 17.2. The van der Waals surface area contributed by atoms with Crippen LogP contribution in [0.1, 0.15) is 0 Å². The number of amides is 3. The van der Waals surface area contributed by atoms with Crippen LogP contribution in [0.5, 0.6) is 5.75 Å². The van der Waals surface area contributed by atoms with Crippen molar-refractivity contribution in [3.05, 3.63) is 36.4 Å². The van der Waals surface area contributed by atoms with Crippen LogP contribution in [-0.2, 0) is 9.53 Å². The molecule has 8 heteroatoms. The number of nitrogens with zero attached hydrogens (tertiary/aromatic N) is 1. The van der Waals surface area contributed by atoms with Crippen molar-refractivity contribution in [3.8, 4) is 5.75 Å². The number of furan rings is 1. The molecule has 0 spiro atoms. The van der Waals surface area contributed by atoms with E-state index in [1.807, 2.05) is 30.3 Å². The van der Waals surface area contributed by atoms with Gasteiger partial charge in [-0.05, 0) is 12.1 Å². The van der Waals surface area contributed by atoms with Gasteiger partial charge in [0.2, 0.25) is 5.91 Å². The first-order valence-corrected chi connectivity index (χ1v) is 8.53. The monoisotopic (exact) mass is 369 g/mol. The number of fused-ring (bicyclic) bond motifs is 3. The number of carbonyl (C=O) groups is 2. The van der Waals surface area contributed by atoms with E-state index in [0.717, 1.165) is 16.4 Å². The van der Waals surface area contributed by atoms with Gasteiger partial charge in [0.1, 0.15) is 16.9 Å². The average Bonchev–Trinajstić information content (AvgIpc) is 3.04. The minimum absolute atomic E-state index is 0.108. The van der Waals surface area contributed by atoms with E-state index in [2.05, 4.69) is 5.32 Å². The number of anilines is 1. The lowest BCUT2D eigenvalue weighted by molar-refractivity contribution is -0.133. The largest absolute Gasteiger partial charge is 0.495 e. The van der Waals surface area contributed by atoms with Crippen molar-refractivity contribution in [2.24, 2.45) is 5.73 Å². The van der Waals surface area contributed by atoms with Gasteiger partial charge in [-0.25, -0.2) is 4.79 Å². The van der Waals surface area contributed by atoms with Gasteiger partial charge in [0.25, 0.3) is 0 Å². The van der Waals surface area contributed by atoms with Crippen LogP contribution < -0.4 is 15.8 Å². The number of benzene rings is 2. The number of hydrogen-bond donors (Lipinski definition) is 2. The molecular formula is C19H19N3O5. The molecule has 4 rings (SSSR count). The molecule has 3 amide bonds. The smallest absolute Gasteiger partial charge is 0.322 e. The van der Waals surface area contributed by atoms with Crippen LogP contribution in [0.25, 0.3) is 21.9 Å². The molecule has 8 nitrogen and oxygen atoms in total. The van der Waals surface area contributed by atoms with Crippen LogP contribution in [0.3, 0.4) is 0 Å². The average molecular weight is 369 g/mol. The first-order chi connectivity index (χ1) is 13.1. The van der Waals surface area contributed by atoms with E-state index in [4.69, 9.17) is 19.6 Å². The molecule has 2 heterocycles.